The van der Waals surface area contributed by atoms with Crippen LogP contribution in [0.15, 0.2) is 48.5 Å². The molecule has 1 saturated heterocycles. The summed E-state index contributed by atoms with van der Waals surface area (Å²) >= 11 is 5.87. The van der Waals surface area contributed by atoms with Crippen LogP contribution >= 0.6 is 11.6 Å². The fourth-order valence-electron chi connectivity index (χ4n) is 3.55. The first kappa shape index (κ1) is 21.0. The van der Waals surface area contributed by atoms with Crippen molar-refractivity contribution in [3.8, 4) is 5.75 Å². The molecule has 3 amide bonds. The summed E-state index contributed by atoms with van der Waals surface area (Å²) in [4.78, 5) is 26.9. The second-order valence-corrected chi connectivity index (χ2v) is 7.68. The highest BCUT2D eigenvalue weighted by molar-refractivity contribution is 6.30. The first-order chi connectivity index (χ1) is 14.0. The molecule has 1 atom stereocenters. The summed E-state index contributed by atoms with van der Waals surface area (Å²) in [5.41, 5.74) is 1.39. The van der Waals surface area contributed by atoms with E-state index in [-0.39, 0.29) is 23.8 Å². The van der Waals surface area contributed by atoms with Crippen LogP contribution in [0.3, 0.4) is 0 Å². The number of anilines is 2. The lowest BCUT2D eigenvalue weighted by atomic mass is 9.85. The first-order valence-electron chi connectivity index (χ1n) is 9.73. The highest BCUT2D eigenvalue weighted by Crippen LogP contribution is 2.29. The van der Waals surface area contributed by atoms with Gasteiger partial charge in [0.1, 0.15) is 5.75 Å². The number of ether oxygens (including phenoxy) is 1. The molecule has 7 heteroatoms. The van der Waals surface area contributed by atoms with Gasteiger partial charge in [-0.15, -0.1) is 0 Å². The zero-order valence-corrected chi connectivity index (χ0v) is 17.4. The normalized spacial score (nSPS) is 15.5. The zero-order chi connectivity index (χ0) is 20.8. The van der Waals surface area contributed by atoms with Gasteiger partial charge in [0.15, 0.2) is 0 Å². The maximum absolute atomic E-state index is 12.7. The van der Waals surface area contributed by atoms with Gasteiger partial charge < -0.3 is 20.3 Å². The number of hydrogen-bond donors (Lipinski definition) is 2. The van der Waals surface area contributed by atoms with E-state index in [0.29, 0.717) is 35.2 Å². The standard InChI is InChI=1S/C22H26ClN3O3/c1-15(21(27)25-19-5-3-4-6-20(19)29-2)16-11-13-26(14-12-16)22(28)24-18-9-7-17(23)8-10-18/h3-10,15-16H,11-14H2,1-2H3,(H,24,28)(H,25,27). The Morgan fingerprint density at radius 1 is 1.07 bits per heavy atom. The van der Waals surface area contributed by atoms with Gasteiger partial charge in [0.25, 0.3) is 0 Å². The molecule has 6 nitrogen and oxygen atoms in total. The Hall–Kier alpha value is -2.73. The number of benzene rings is 2. The van der Waals surface area contributed by atoms with E-state index in [1.165, 1.54) is 0 Å². The van der Waals surface area contributed by atoms with Gasteiger partial charge in [0, 0.05) is 29.7 Å². The molecule has 0 radical (unpaired) electrons. The Kier molecular flexibility index (Phi) is 6.99. The third kappa shape index (κ3) is 5.41. The van der Waals surface area contributed by atoms with Gasteiger partial charge in [-0.25, -0.2) is 4.79 Å². The Bertz CT molecular complexity index is 849. The number of carbonyl (C=O) groups is 2. The molecule has 0 bridgehead atoms. The van der Waals surface area contributed by atoms with E-state index in [0.717, 1.165) is 12.8 Å². The van der Waals surface area contributed by atoms with Crippen molar-refractivity contribution >= 4 is 34.9 Å². The van der Waals surface area contributed by atoms with Crippen LogP contribution in [0.2, 0.25) is 5.02 Å². The molecule has 1 unspecified atom stereocenters. The summed E-state index contributed by atoms with van der Waals surface area (Å²) in [5, 5.41) is 6.48. The van der Waals surface area contributed by atoms with Crippen molar-refractivity contribution < 1.29 is 14.3 Å². The average molecular weight is 416 g/mol. The van der Waals surface area contributed by atoms with Crippen molar-refractivity contribution in [3.05, 3.63) is 53.6 Å². The van der Waals surface area contributed by atoms with E-state index in [9.17, 15) is 9.59 Å². The molecule has 2 N–H and O–H groups in total. The van der Waals surface area contributed by atoms with Crippen molar-refractivity contribution in [1.82, 2.24) is 4.90 Å². The van der Waals surface area contributed by atoms with Gasteiger partial charge in [-0.1, -0.05) is 30.7 Å². The van der Waals surface area contributed by atoms with Gasteiger partial charge in [0.05, 0.1) is 12.8 Å². The number of carbonyl (C=O) groups excluding carboxylic acids is 2. The molecule has 2 aromatic rings. The number of nitrogens with zero attached hydrogens (tertiary/aromatic N) is 1. The number of rotatable bonds is 5. The molecule has 3 rings (SSSR count). The minimum atomic E-state index is -0.151. The molecular weight excluding hydrogens is 390 g/mol. The van der Waals surface area contributed by atoms with Gasteiger partial charge in [-0.05, 0) is 55.2 Å². The van der Waals surface area contributed by atoms with Gasteiger partial charge in [0.2, 0.25) is 5.91 Å². The van der Waals surface area contributed by atoms with Crippen LogP contribution in [0.1, 0.15) is 19.8 Å². The topological polar surface area (TPSA) is 70.7 Å². The molecular formula is C22H26ClN3O3. The van der Waals surface area contributed by atoms with E-state index in [4.69, 9.17) is 16.3 Å². The number of halogens is 1. The van der Waals surface area contributed by atoms with Crippen LogP contribution in [0.25, 0.3) is 0 Å². The lowest BCUT2D eigenvalue weighted by Gasteiger charge is -2.34. The summed E-state index contributed by atoms with van der Waals surface area (Å²) in [5.74, 6) is 0.686. The Morgan fingerprint density at radius 3 is 2.38 bits per heavy atom. The molecule has 0 aromatic heterocycles. The quantitative estimate of drug-likeness (QED) is 0.732. The van der Waals surface area contributed by atoms with Crippen molar-refractivity contribution in [2.45, 2.75) is 19.8 Å². The number of piperidine rings is 1. The number of amides is 3. The largest absolute Gasteiger partial charge is 0.495 e. The molecule has 1 heterocycles. The Morgan fingerprint density at radius 2 is 1.72 bits per heavy atom. The number of urea groups is 1. The van der Waals surface area contributed by atoms with E-state index >= 15 is 0 Å². The van der Waals surface area contributed by atoms with E-state index in [2.05, 4.69) is 10.6 Å². The van der Waals surface area contributed by atoms with Crippen LogP contribution in [0, 0.1) is 11.8 Å². The van der Waals surface area contributed by atoms with Crippen molar-refractivity contribution in [1.29, 1.82) is 0 Å². The number of methoxy groups -OCH3 is 1. The molecule has 0 spiro atoms. The molecule has 0 saturated carbocycles. The average Bonchev–Trinajstić information content (AvgIpc) is 2.75. The Labute approximate surface area is 176 Å². The minimum Gasteiger partial charge on any atom is -0.495 e. The molecule has 0 aliphatic carbocycles. The van der Waals surface area contributed by atoms with Gasteiger partial charge in [-0.3, -0.25) is 4.79 Å². The molecule has 1 fully saturated rings. The van der Waals surface area contributed by atoms with Crippen LogP contribution in [0.4, 0.5) is 16.2 Å². The molecule has 29 heavy (non-hydrogen) atoms. The van der Waals surface area contributed by atoms with E-state index in [1.54, 1.807) is 36.3 Å². The molecule has 1 aliphatic rings. The lowest BCUT2D eigenvalue weighted by Crippen LogP contribution is -2.43. The highest BCUT2D eigenvalue weighted by Gasteiger charge is 2.30. The SMILES string of the molecule is COc1ccccc1NC(=O)C(C)C1CCN(C(=O)Nc2ccc(Cl)cc2)CC1. The predicted molar refractivity (Wildman–Crippen MR) is 116 cm³/mol. The van der Waals surface area contributed by atoms with Crippen molar-refractivity contribution in [3.63, 3.8) is 0 Å². The number of para-hydroxylation sites is 2. The maximum Gasteiger partial charge on any atom is 0.321 e. The second kappa shape index (κ2) is 9.65. The summed E-state index contributed by atoms with van der Waals surface area (Å²) in [6, 6.07) is 14.3. The fourth-order valence-corrected chi connectivity index (χ4v) is 3.67. The molecule has 154 valence electrons. The fraction of sp³-hybridized carbons (Fsp3) is 0.364. The summed E-state index contributed by atoms with van der Waals surface area (Å²) in [6.45, 7) is 3.19. The van der Waals surface area contributed by atoms with Crippen molar-refractivity contribution in [2.75, 3.05) is 30.8 Å². The van der Waals surface area contributed by atoms with Crippen LogP contribution in [-0.4, -0.2) is 37.0 Å². The number of likely N-dealkylation sites (tertiary alicyclic amines) is 1. The van der Waals surface area contributed by atoms with E-state index < -0.39 is 0 Å². The monoisotopic (exact) mass is 415 g/mol. The van der Waals surface area contributed by atoms with Crippen molar-refractivity contribution in [2.24, 2.45) is 11.8 Å². The number of nitrogens with one attached hydrogen (secondary N) is 2. The predicted octanol–water partition coefficient (Wildman–Crippen LogP) is 4.87. The third-order valence-corrected chi connectivity index (χ3v) is 5.66. The molecule has 1 aliphatic heterocycles. The van der Waals surface area contributed by atoms with Crippen LogP contribution < -0.4 is 15.4 Å². The zero-order valence-electron chi connectivity index (χ0n) is 16.7. The minimum absolute atomic E-state index is 0.0291. The van der Waals surface area contributed by atoms with E-state index in [1.807, 2.05) is 31.2 Å². The Balaban J connectivity index is 1.50. The number of hydrogen-bond acceptors (Lipinski definition) is 3. The van der Waals surface area contributed by atoms with Crippen LogP contribution in [-0.2, 0) is 4.79 Å². The van der Waals surface area contributed by atoms with Gasteiger partial charge >= 0.3 is 6.03 Å². The lowest BCUT2D eigenvalue weighted by molar-refractivity contribution is -0.121. The summed E-state index contributed by atoms with van der Waals surface area (Å²) < 4.78 is 5.29. The smallest absolute Gasteiger partial charge is 0.321 e. The maximum atomic E-state index is 12.7. The second-order valence-electron chi connectivity index (χ2n) is 7.24. The molecule has 2 aromatic carbocycles. The summed E-state index contributed by atoms with van der Waals surface area (Å²) in [6.07, 6.45) is 1.57. The summed E-state index contributed by atoms with van der Waals surface area (Å²) in [7, 11) is 1.58. The van der Waals surface area contributed by atoms with Crippen LogP contribution in [0.5, 0.6) is 5.75 Å². The third-order valence-electron chi connectivity index (χ3n) is 5.41. The highest BCUT2D eigenvalue weighted by atomic mass is 35.5. The first-order valence-corrected chi connectivity index (χ1v) is 10.1. The van der Waals surface area contributed by atoms with Gasteiger partial charge in [-0.2, -0.15) is 0 Å².